The van der Waals surface area contributed by atoms with Gasteiger partial charge in [-0.2, -0.15) is 0 Å². The van der Waals surface area contributed by atoms with Crippen molar-refractivity contribution in [3.05, 3.63) is 65.9 Å². The maximum atomic E-state index is 5.60. The van der Waals surface area contributed by atoms with E-state index >= 15 is 0 Å². The third-order valence-corrected chi connectivity index (χ3v) is 4.78. The van der Waals surface area contributed by atoms with Crippen molar-refractivity contribution >= 4 is 10.9 Å². The van der Waals surface area contributed by atoms with E-state index in [1.54, 1.807) is 0 Å². The fraction of sp³-hybridized carbons (Fsp3) is 0.227. The number of para-hydroxylation sites is 1. The van der Waals surface area contributed by atoms with Crippen molar-refractivity contribution in [3.8, 4) is 22.5 Å². The Balaban J connectivity index is 1.92. The largest absolute Gasteiger partial charge is 0.360 e. The summed E-state index contributed by atoms with van der Waals surface area (Å²) in [4.78, 5) is 5.84. The fourth-order valence-electron chi connectivity index (χ4n) is 3.47. The number of benzene rings is 2. The van der Waals surface area contributed by atoms with Gasteiger partial charge in [0.2, 0.25) is 0 Å². The van der Waals surface area contributed by atoms with Crippen molar-refractivity contribution in [1.29, 1.82) is 0 Å². The summed E-state index contributed by atoms with van der Waals surface area (Å²) in [5, 5.41) is 5.63. The zero-order valence-electron chi connectivity index (χ0n) is 15.4. The summed E-state index contributed by atoms with van der Waals surface area (Å²) >= 11 is 0. The van der Waals surface area contributed by atoms with Crippen LogP contribution in [0.1, 0.15) is 11.3 Å². The minimum absolute atomic E-state index is 0.835. The van der Waals surface area contributed by atoms with Crippen LogP contribution in [0.15, 0.2) is 59.1 Å². The molecule has 0 spiro atoms. The van der Waals surface area contributed by atoms with Crippen molar-refractivity contribution < 1.29 is 4.52 Å². The molecule has 4 aromatic rings. The highest BCUT2D eigenvalue weighted by atomic mass is 16.5. The summed E-state index contributed by atoms with van der Waals surface area (Å²) in [6.07, 6.45) is 0.963. The fourth-order valence-corrected chi connectivity index (χ4v) is 3.47. The highest BCUT2D eigenvalue weighted by Gasteiger charge is 2.22. The van der Waals surface area contributed by atoms with Gasteiger partial charge in [-0.3, -0.25) is 0 Å². The lowest BCUT2D eigenvalue weighted by Gasteiger charge is -2.11. The number of aromatic nitrogens is 2. The molecule has 26 heavy (non-hydrogen) atoms. The van der Waals surface area contributed by atoms with Crippen molar-refractivity contribution in [2.45, 2.75) is 13.3 Å². The third kappa shape index (κ3) is 2.93. The number of nitrogens with one attached hydrogen (secondary N) is 1. The first-order valence-electron chi connectivity index (χ1n) is 8.91. The first-order chi connectivity index (χ1) is 12.6. The molecule has 0 aliphatic heterocycles. The lowest BCUT2D eigenvalue weighted by atomic mass is 9.98. The summed E-state index contributed by atoms with van der Waals surface area (Å²) in [7, 11) is 4.21. The van der Waals surface area contributed by atoms with Crippen LogP contribution in [0.25, 0.3) is 33.4 Å². The predicted molar refractivity (Wildman–Crippen MR) is 106 cm³/mol. The van der Waals surface area contributed by atoms with Gasteiger partial charge in [0, 0.05) is 23.0 Å². The number of aromatic amines is 1. The number of fused-ring (bicyclic) bond motifs is 1. The van der Waals surface area contributed by atoms with Gasteiger partial charge >= 0.3 is 0 Å². The van der Waals surface area contributed by atoms with Crippen LogP contribution in [0.2, 0.25) is 0 Å². The number of hydrogen-bond donors (Lipinski definition) is 1. The lowest BCUT2D eigenvalue weighted by Crippen LogP contribution is -2.15. The first kappa shape index (κ1) is 16.6. The van der Waals surface area contributed by atoms with Crippen LogP contribution in [0, 0.1) is 6.92 Å². The Morgan fingerprint density at radius 3 is 2.50 bits per heavy atom. The van der Waals surface area contributed by atoms with Crippen molar-refractivity contribution in [2.24, 2.45) is 0 Å². The molecule has 0 bridgehead atoms. The Morgan fingerprint density at radius 1 is 1.00 bits per heavy atom. The molecule has 2 heterocycles. The molecule has 4 nitrogen and oxygen atoms in total. The quantitative estimate of drug-likeness (QED) is 0.559. The van der Waals surface area contributed by atoms with Gasteiger partial charge in [0.1, 0.15) is 11.5 Å². The van der Waals surface area contributed by atoms with Crippen LogP contribution in [-0.2, 0) is 6.42 Å². The Morgan fingerprint density at radius 2 is 1.73 bits per heavy atom. The summed E-state index contributed by atoms with van der Waals surface area (Å²) in [5.74, 6) is 0.835. The highest BCUT2D eigenvalue weighted by Crippen LogP contribution is 2.38. The lowest BCUT2D eigenvalue weighted by molar-refractivity contribution is 0.400. The molecule has 2 aromatic heterocycles. The second-order valence-electron chi connectivity index (χ2n) is 6.91. The Bertz CT molecular complexity index is 1030. The van der Waals surface area contributed by atoms with Crippen molar-refractivity contribution in [2.75, 3.05) is 20.6 Å². The Kier molecular flexibility index (Phi) is 4.35. The molecule has 0 radical (unpaired) electrons. The van der Waals surface area contributed by atoms with E-state index < -0.39 is 0 Å². The van der Waals surface area contributed by atoms with Gasteiger partial charge in [0.15, 0.2) is 0 Å². The molecular weight excluding hydrogens is 322 g/mol. The normalized spacial score (nSPS) is 11.5. The second kappa shape index (κ2) is 6.81. The molecule has 0 saturated heterocycles. The first-order valence-corrected chi connectivity index (χ1v) is 8.91. The zero-order chi connectivity index (χ0) is 18.1. The van der Waals surface area contributed by atoms with Gasteiger partial charge in [-0.05, 0) is 39.1 Å². The van der Waals surface area contributed by atoms with E-state index in [1.165, 1.54) is 10.9 Å². The molecule has 0 unspecified atom stereocenters. The van der Waals surface area contributed by atoms with Crippen LogP contribution >= 0.6 is 0 Å². The molecule has 4 heteroatoms. The molecule has 132 valence electrons. The Hall–Kier alpha value is -2.85. The van der Waals surface area contributed by atoms with Crippen LogP contribution in [-0.4, -0.2) is 35.7 Å². The number of hydrogen-bond acceptors (Lipinski definition) is 3. The van der Waals surface area contributed by atoms with E-state index in [0.29, 0.717) is 0 Å². The van der Waals surface area contributed by atoms with E-state index in [2.05, 4.69) is 65.5 Å². The van der Waals surface area contributed by atoms with Gasteiger partial charge in [0.05, 0.1) is 11.3 Å². The van der Waals surface area contributed by atoms with Crippen LogP contribution < -0.4 is 0 Å². The summed E-state index contributed by atoms with van der Waals surface area (Å²) in [6, 6.07) is 18.7. The molecule has 2 aromatic carbocycles. The van der Waals surface area contributed by atoms with Crippen LogP contribution in [0.4, 0.5) is 0 Å². The topological polar surface area (TPSA) is 45.1 Å². The number of likely N-dealkylation sites (N-methyl/N-ethyl adjacent to an activating group) is 1. The number of H-pyrrole nitrogens is 1. The van der Waals surface area contributed by atoms with Gasteiger partial charge in [0.25, 0.3) is 0 Å². The molecule has 0 fully saturated rings. The van der Waals surface area contributed by atoms with Crippen LogP contribution in [0.5, 0.6) is 0 Å². The van der Waals surface area contributed by atoms with E-state index in [0.717, 1.165) is 46.8 Å². The second-order valence-corrected chi connectivity index (χ2v) is 6.91. The Labute approximate surface area is 153 Å². The van der Waals surface area contributed by atoms with E-state index in [1.807, 2.05) is 25.1 Å². The summed E-state index contributed by atoms with van der Waals surface area (Å²) in [6.45, 7) is 2.97. The molecule has 0 amide bonds. The summed E-state index contributed by atoms with van der Waals surface area (Å²) in [5.41, 5.74) is 6.60. The number of aryl methyl sites for hydroxylation is 1. The molecule has 4 rings (SSSR count). The SMILES string of the molecule is Cc1onc(-c2ccccc2)c1-c1[nH]c2ccccc2c1CCN(C)C. The molecule has 0 aliphatic rings. The molecular formula is C22H23N3O. The molecule has 0 atom stereocenters. The van der Waals surface area contributed by atoms with Gasteiger partial charge < -0.3 is 14.4 Å². The summed E-state index contributed by atoms with van der Waals surface area (Å²) < 4.78 is 5.60. The average Bonchev–Trinajstić information content (AvgIpc) is 3.20. The van der Waals surface area contributed by atoms with Gasteiger partial charge in [-0.25, -0.2) is 0 Å². The molecule has 0 saturated carbocycles. The highest BCUT2D eigenvalue weighted by molar-refractivity contribution is 5.94. The number of nitrogens with zero attached hydrogens (tertiary/aromatic N) is 2. The standard InChI is InChI=1S/C22H23N3O/c1-15-20(21(24-26-15)16-9-5-4-6-10-16)22-18(13-14-25(2)3)17-11-7-8-12-19(17)23-22/h4-12,23H,13-14H2,1-3H3. The van der Waals surface area contributed by atoms with Gasteiger partial charge in [-0.1, -0.05) is 53.7 Å². The molecule has 0 aliphatic carbocycles. The minimum atomic E-state index is 0.835. The van der Waals surface area contributed by atoms with Crippen LogP contribution in [0.3, 0.4) is 0 Å². The monoisotopic (exact) mass is 345 g/mol. The third-order valence-electron chi connectivity index (χ3n) is 4.78. The van der Waals surface area contributed by atoms with E-state index in [4.69, 9.17) is 4.52 Å². The van der Waals surface area contributed by atoms with Gasteiger partial charge in [-0.15, -0.1) is 0 Å². The van der Waals surface area contributed by atoms with Crippen molar-refractivity contribution in [1.82, 2.24) is 15.0 Å². The van der Waals surface area contributed by atoms with E-state index in [-0.39, 0.29) is 0 Å². The number of rotatable bonds is 5. The predicted octanol–water partition coefficient (Wildman–Crippen LogP) is 4.90. The van der Waals surface area contributed by atoms with Crippen molar-refractivity contribution in [3.63, 3.8) is 0 Å². The smallest absolute Gasteiger partial charge is 0.143 e. The molecule has 1 N–H and O–H groups in total. The zero-order valence-corrected chi connectivity index (χ0v) is 15.4. The maximum absolute atomic E-state index is 5.60. The average molecular weight is 345 g/mol. The maximum Gasteiger partial charge on any atom is 0.143 e. The van der Waals surface area contributed by atoms with E-state index in [9.17, 15) is 0 Å². The minimum Gasteiger partial charge on any atom is -0.360 e.